The summed E-state index contributed by atoms with van der Waals surface area (Å²) in [5, 5.41) is 3.20. The van der Waals surface area contributed by atoms with Crippen molar-refractivity contribution in [1.82, 2.24) is 10.2 Å². The van der Waals surface area contributed by atoms with Crippen LogP contribution in [-0.2, 0) is 0 Å². The zero-order valence-corrected chi connectivity index (χ0v) is 15.1. The number of fused-ring (bicyclic) bond motifs is 3. The standard InChI is InChI=1S/C16H21IN2O3/c1-21-14-8-11(17)7-12(15(14)22-2)16(20)18-13-9-19-5-3-10(13)4-6-19/h7-8,10,13H,3-6,9H2,1-2H3,(H,18,20)/t13-/m1/s1. The number of halogens is 1. The average molecular weight is 416 g/mol. The summed E-state index contributed by atoms with van der Waals surface area (Å²) < 4.78 is 11.7. The van der Waals surface area contributed by atoms with Crippen LogP contribution in [0.5, 0.6) is 11.5 Å². The molecular formula is C16H21IN2O3. The molecule has 3 fully saturated rings. The zero-order valence-electron chi connectivity index (χ0n) is 12.9. The smallest absolute Gasteiger partial charge is 0.255 e. The predicted molar refractivity (Wildman–Crippen MR) is 92.7 cm³/mol. The number of carbonyl (C=O) groups excluding carboxylic acids is 1. The van der Waals surface area contributed by atoms with Gasteiger partial charge < -0.3 is 19.7 Å². The Morgan fingerprint density at radius 1 is 1.27 bits per heavy atom. The minimum absolute atomic E-state index is 0.0765. The lowest BCUT2D eigenvalue weighted by atomic mass is 9.84. The van der Waals surface area contributed by atoms with Crippen molar-refractivity contribution in [1.29, 1.82) is 0 Å². The Hall–Kier alpha value is -1.02. The van der Waals surface area contributed by atoms with Gasteiger partial charge in [-0.05, 0) is 66.6 Å². The minimum atomic E-state index is -0.0765. The molecule has 3 aliphatic rings. The second kappa shape index (κ2) is 6.62. The molecule has 1 N–H and O–H groups in total. The molecule has 0 unspecified atom stereocenters. The average Bonchev–Trinajstić information content (AvgIpc) is 2.55. The van der Waals surface area contributed by atoms with Gasteiger partial charge in [0.25, 0.3) is 5.91 Å². The molecule has 22 heavy (non-hydrogen) atoms. The SMILES string of the molecule is COc1cc(I)cc(C(=O)N[C@@H]2CN3CCC2CC3)c1OC. The van der Waals surface area contributed by atoms with Gasteiger partial charge in [-0.25, -0.2) is 0 Å². The number of rotatable bonds is 4. The molecule has 0 aliphatic carbocycles. The van der Waals surface area contributed by atoms with E-state index in [9.17, 15) is 4.79 Å². The van der Waals surface area contributed by atoms with Crippen LogP contribution in [0.15, 0.2) is 12.1 Å². The van der Waals surface area contributed by atoms with E-state index in [-0.39, 0.29) is 11.9 Å². The normalized spacial score (nSPS) is 26.6. The number of ether oxygens (including phenoxy) is 2. The number of benzene rings is 1. The first-order valence-corrected chi connectivity index (χ1v) is 8.65. The fourth-order valence-electron chi connectivity index (χ4n) is 3.47. The van der Waals surface area contributed by atoms with Gasteiger partial charge in [0.15, 0.2) is 11.5 Å². The summed E-state index contributed by atoms with van der Waals surface area (Å²) >= 11 is 2.19. The third kappa shape index (κ3) is 3.03. The fourth-order valence-corrected chi connectivity index (χ4v) is 4.07. The van der Waals surface area contributed by atoms with Crippen LogP contribution >= 0.6 is 22.6 Å². The predicted octanol–water partition coefficient (Wildman–Crippen LogP) is 2.13. The molecular weight excluding hydrogens is 395 g/mol. The molecule has 1 amide bonds. The van der Waals surface area contributed by atoms with Crippen LogP contribution in [0.3, 0.4) is 0 Å². The Morgan fingerprint density at radius 3 is 2.55 bits per heavy atom. The lowest BCUT2D eigenvalue weighted by Crippen LogP contribution is -2.57. The molecule has 0 aromatic heterocycles. The van der Waals surface area contributed by atoms with Gasteiger partial charge in [-0.15, -0.1) is 0 Å². The second-order valence-corrected chi connectivity index (χ2v) is 7.15. The number of methoxy groups -OCH3 is 2. The van der Waals surface area contributed by atoms with Crippen LogP contribution < -0.4 is 14.8 Å². The molecule has 4 rings (SSSR count). The quantitative estimate of drug-likeness (QED) is 0.765. The lowest BCUT2D eigenvalue weighted by Gasteiger charge is -2.44. The second-order valence-electron chi connectivity index (χ2n) is 5.91. The third-order valence-electron chi connectivity index (χ3n) is 4.66. The first-order valence-electron chi connectivity index (χ1n) is 7.57. The summed E-state index contributed by atoms with van der Waals surface area (Å²) in [6.07, 6.45) is 2.36. The molecule has 2 bridgehead atoms. The van der Waals surface area contributed by atoms with Gasteiger partial charge in [0.05, 0.1) is 19.8 Å². The van der Waals surface area contributed by atoms with E-state index in [1.54, 1.807) is 14.2 Å². The van der Waals surface area contributed by atoms with E-state index >= 15 is 0 Å². The van der Waals surface area contributed by atoms with Crippen LogP contribution in [0.1, 0.15) is 23.2 Å². The Kier molecular flexibility index (Phi) is 4.77. The number of amides is 1. The maximum atomic E-state index is 12.7. The summed E-state index contributed by atoms with van der Waals surface area (Å²) in [5.41, 5.74) is 0.544. The molecule has 0 radical (unpaired) electrons. The molecule has 6 heteroatoms. The highest BCUT2D eigenvalue weighted by Crippen LogP contribution is 2.34. The highest BCUT2D eigenvalue weighted by molar-refractivity contribution is 14.1. The molecule has 1 atom stereocenters. The monoisotopic (exact) mass is 416 g/mol. The van der Waals surface area contributed by atoms with Crippen LogP contribution in [0.4, 0.5) is 0 Å². The molecule has 3 heterocycles. The number of nitrogens with one attached hydrogen (secondary N) is 1. The van der Waals surface area contributed by atoms with E-state index in [2.05, 4.69) is 32.8 Å². The Morgan fingerprint density at radius 2 is 2.00 bits per heavy atom. The molecule has 5 nitrogen and oxygen atoms in total. The molecule has 0 saturated carbocycles. The van der Waals surface area contributed by atoms with Crippen LogP contribution in [0, 0.1) is 9.49 Å². The van der Waals surface area contributed by atoms with Crippen LogP contribution in [0.2, 0.25) is 0 Å². The topological polar surface area (TPSA) is 50.8 Å². The van der Waals surface area contributed by atoms with E-state index in [0.717, 1.165) is 23.2 Å². The van der Waals surface area contributed by atoms with Gasteiger partial charge >= 0.3 is 0 Å². The van der Waals surface area contributed by atoms with Crippen molar-refractivity contribution in [3.05, 3.63) is 21.3 Å². The van der Waals surface area contributed by atoms with Crippen molar-refractivity contribution in [3.63, 3.8) is 0 Å². The van der Waals surface area contributed by atoms with Crippen molar-refractivity contribution in [2.24, 2.45) is 5.92 Å². The van der Waals surface area contributed by atoms with Gasteiger partial charge in [-0.1, -0.05) is 0 Å². The molecule has 0 spiro atoms. The van der Waals surface area contributed by atoms with Crippen molar-refractivity contribution >= 4 is 28.5 Å². The Balaban J connectivity index is 1.81. The summed E-state index contributed by atoms with van der Waals surface area (Å²) in [6, 6.07) is 3.95. The van der Waals surface area contributed by atoms with E-state index in [0.29, 0.717) is 23.0 Å². The number of piperidine rings is 3. The summed E-state index contributed by atoms with van der Waals surface area (Å²) in [7, 11) is 3.15. The van der Waals surface area contributed by atoms with Gasteiger partial charge in [-0.2, -0.15) is 0 Å². The molecule has 1 aromatic rings. The largest absolute Gasteiger partial charge is 0.493 e. The maximum absolute atomic E-state index is 12.7. The van der Waals surface area contributed by atoms with E-state index in [1.165, 1.54) is 12.8 Å². The molecule has 1 aromatic carbocycles. The first-order chi connectivity index (χ1) is 10.6. The van der Waals surface area contributed by atoms with Crippen molar-refractivity contribution in [2.45, 2.75) is 18.9 Å². The summed E-state index contributed by atoms with van der Waals surface area (Å²) in [4.78, 5) is 15.1. The van der Waals surface area contributed by atoms with Crippen molar-refractivity contribution in [3.8, 4) is 11.5 Å². The highest BCUT2D eigenvalue weighted by Gasteiger charge is 2.35. The van der Waals surface area contributed by atoms with E-state index in [4.69, 9.17) is 9.47 Å². The van der Waals surface area contributed by atoms with Crippen LogP contribution in [0.25, 0.3) is 0 Å². The fraction of sp³-hybridized carbons (Fsp3) is 0.562. The summed E-state index contributed by atoms with van der Waals surface area (Å²) in [5.74, 6) is 1.62. The number of hydrogen-bond donors (Lipinski definition) is 1. The molecule has 120 valence electrons. The van der Waals surface area contributed by atoms with Gasteiger partial charge in [-0.3, -0.25) is 4.79 Å². The van der Waals surface area contributed by atoms with Gasteiger partial charge in [0, 0.05) is 16.2 Å². The van der Waals surface area contributed by atoms with Gasteiger partial charge in [0.1, 0.15) is 0 Å². The first kappa shape index (κ1) is 15.9. The zero-order chi connectivity index (χ0) is 15.7. The van der Waals surface area contributed by atoms with Gasteiger partial charge in [0.2, 0.25) is 0 Å². The Labute approximate surface area is 144 Å². The summed E-state index contributed by atoms with van der Waals surface area (Å²) in [6.45, 7) is 3.29. The number of nitrogens with zero attached hydrogens (tertiary/aromatic N) is 1. The molecule has 3 aliphatic heterocycles. The highest BCUT2D eigenvalue weighted by atomic mass is 127. The van der Waals surface area contributed by atoms with Crippen molar-refractivity contribution in [2.75, 3.05) is 33.9 Å². The third-order valence-corrected chi connectivity index (χ3v) is 5.28. The minimum Gasteiger partial charge on any atom is -0.493 e. The Bertz CT molecular complexity index is 571. The van der Waals surface area contributed by atoms with Crippen molar-refractivity contribution < 1.29 is 14.3 Å². The van der Waals surface area contributed by atoms with E-state index in [1.807, 2.05) is 12.1 Å². The van der Waals surface area contributed by atoms with E-state index < -0.39 is 0 Å². The van der Waals surface area contributed by atoms with Crippen LogP contribution in [-0.4, -0.2) is 50.7 Å². The maximum Gasteiger partial charge on any atom is 0.255 e. The lowest BCUT2D eigenvalue weighted by molar-refractivity contribution is 0.0618. The molecule has 3 saturated heterocycles. The number of carbonyl (C=O) groups is 1. The number of hydrogen-bond acceptors (Lipinski definition) is 4.